The Labute approximate surface area is 106 Å². The third-order valence-corrected chi connectivity index (χ3v) is 1.97. The fourth-order valence-corrected chi connectivity index (χ4v) is 1.21. The second kappa shape index (κ2) is 5.92. The van der Waals surface area contributed by atoms with E-state index in [4.69, 9.17) is 21.8 Å². The number of carbonyl (C=O) groups excluding carboxylic acids is 1. The van der Waals surface area contributed by atoms with E-state index in [1.165, 1.54) is 0 Å². The Kier molecular flexibility index (Phi) is 4.55. The molecular formula is C9H8ClN3O5. The quantitative estimate of drug-likeness (QED) is 0.758. The highest BCUT2D eigenvalue weighted by atomic mass is 35.5. The number of nitrogens with zero attached hydrogens (tertiary/aromatic N) is 3. The third kappa shape index (κ3) is 3.98. The summed E-state index contributed by atoms with van der Waals surface area (Å²) in [5.41, 5.74) is -0.179. The van der Waals surface area contributed by atoms with Crippen LogP contribution in [0.1, 0.15) is 10.5 Å². The number of amides is 1. The minimum atomic E-state index is -1.33. The van der Waals surface area contributed by atoms with Crippen molar-refractivity contribution in [3.63, 3.8) is 0 Å². The van der Waals surface area contributed by atoms with Gasteiger partial charge in [0.05, 0.1) is 12.4 Å². The first-order valence-corrected chi connectivity index (χ1v) is 4.98. The number of carboxylic acids is 2. The Morgan fingerprint density at radius 2 is 1.67 bits per heavy atom. The zero-order chi connectivity index (χ0) is 13.7. The van der Waals surface area contributed by atoms with Gasteiger partial charge in [0.25, 0.3) is 5.91 Å². The van der Waals surface area contributed by atoms with E-state index in [1.54, 1.807) is 0 Å². The Bertz CT molecular complexity index is 460. The predicted octanol–water partition coefficient (Wildman–Crippen LogP) is -0.259. The summed E-state index contributed by atoms with van der Waals surface area (Å²) < 4.78 is 0. The molecule has 1 aromatic heterocycles. The summed E-state index contributed by atoms with van der Waals surface area (Å²) in [4.78, 5) is 40.7. The van der Waals surface area contributed by atoms with Crippen molar-refractivity contribution in [2.24, 2.45) is 0 Å². The molecule has 0 aliphatic rings. The van der Waals surface area contributed by atoms with Crippen LogP contribution in [0.3, 0.4) is 0 Å². The Morgan fingerprint density at radius 1 is 1.11 bits per heavy atom. The van der Waals surface area contributed by atoms with Crippen LogP contribution in [-0.2, 0) is 9.59 Å². The molecule has 0 spiro atoms. The number of carboxylic acid groups (broad SMARTS) is 2. The third-order valence-electron chi connectivity index (χ3n) is 1.78. The number of hydrogen-bond donors (Lipinski definition) is 2. The molecule has 0 unspecified atom stereocenters. The first kappa shape index (κ1) is 13.8. The van der Waals surface area contributed by atoms with Gasteiger partial charge >= 0.3 is 11.9 Å². The van der Waals surface area contributed by atoms with Crippen molar-refractivity contribution >= 4 is 29.4 Å². The van der Waals surface area contributed by atoms with Crippen molar-refractivity contribution in [2.45, 2.75) is 0 Å². The molecule has 8 nitrogen and oxygen atoms in total. The maximum Gasteiger partial charge on any atom is 0.323 e. The minimum Gasteiger partial charge on any atom is -0.480 e. The average Bonchev–Trinajstić information content (AvgIpc) is 2.27. The van der Waals surface area contributed by atoms with Gasteiger partial charge in [-0.1, -0.05) is 11.6 Å². The molecule has 0 radical (unpaired) electrons. The molecule has 9 heteroatoms. The molecule has 1 amide bonds. The van der Waals surface area contributed by atoms with E-state index in [-0.39, 0.29) is 10.8 Å². The summed E-state index contributed by atoms with van der Waals surface area (Å²) in [6.07, 6.45) is 2.15. The highest BCUT2D eigenvalue weighted by Gasteiger charge is 2.22. The van der Waals surface area contributed by atoms with Gasteiger partial charge in [-0.2, -0.15) is 0 Å². The molecule has 1 rings (SSSR count). The number of aliphatic carboxylic acids is 2. The van der Waals surface area contributed by atoms with Gasteiger partial charge in [-0.25, -0.2) is 9.97 Å². The fourth-order valence-electron chi connectivity index (χ4n) is 1.11. The summed E-state index contributed by atoms with van der Waals surface area (Å²) in [7, 11) is 0. The van der Waals surface area contributed by atoms with Crippen molar-refractivity contribution in [3.8, 4) is 0 Å². The molecule has 0 aliphatic carbocycles. The van der Waals surface area contributed by atoms with Crippen molar-refractivity contribution in [1.29, 1.82) is 0 Å². The molecule has 0 aromatic carbocycles. The Balaban J connectivity index is 2.90. The van der Waals surface area contributed by atoms with Crippen molar-refractivity contribution in [2.75, 3.05) is 13.1 Å². The largest absolute Gasteiger partial charge is 0.480 e. The van der Waals surface area contributed by atoms with Crippen molar-refractivity contribution in [1.82, 2.24) is 14.9 Å². The summed E-state index contributed by atoms with van der Waals surface area (Å²) >= 11 is 5.48. The summed E-state index contributed by atoms with van der Waals surface area (Å²) in [5, 5.41) is 17.2. The number of rotatable bonds is 5. The lowest BCUT2D eigenvalue weighted by atomic mass is 10.3. The van der Waals surface area contributed by atoms with Crippen LogP contribution in [0.5, 0.6) is 0 Å². The monoisotopic (exact) mass is 273 g/mol. The van der Waals surface area contributed by atoms with Gasteiger partial charge in [-0.3, -0.25) is 14.4 Å². The van der Waals surface area contributed by atoms with Gasteiger partial charge in [0.1, 0.15) is 23.9 Å². The molecule has 0 saturated heterocycles. The minimum absolute atomic E-state index is 0.0644. The van der Waals surface area contributed by atoms with Crippen LogP contribution in [0.4, 0.5) is 0 Å². The van der Waals surface area contributed by atoms with Crippen LogP contribution in [-0.4, -0.2) is 56.0 Å². The van der Waals surface area contributed by atoms with Crippen LogP contribution < -0.4 is 0 Å². The average molecular weight is 274 g/mol. The number of halogens is 1. The number of aromatic nitrogens is 2. The molecular weight excluding hydrogens is 266 g/mol. The lowest BCUT2D eigenvalue weighted by Gasteiger charge is -2.17. The van der Waals surface area contributed by atoms with Crippen LogP contribution in [0.25, 0.3) is 0 Å². The van der Waals surface area contributed by atoms with Crippen LogP contribution in [0.15, 0.2) is 12.4 Å². The number of carbonyl (C=O) groups is 3. The predicted molar refractivity (Wildman–Crippen MR) is 58.2 cm³/mol. The summed E-state index contributed by atoms with van der Waals surface area (Å²) in [6, 6.07) is 0. The lowest BCUT2D eigenvalue weighted by Crippen LogP contribution is -2.39. The molecule has 0 bridgehead atoms. The molecule has 1 aromatic rings. The SMILES string of the molecule is O=C(O)CN(CC(=O)O)C(=O)c1cnc(Cl)cn1. The first-order valence-electron chi connectivity index (χ1n) is 4.60. The van der Waals surface area contributed by atoms with Crippen LogP contribution in [0, 0.1) is 0 Å². The molecule has 0 fully saturated rings. The van der Waals surface area contributed by atoms with E-state index in [2.05, 4.69) is 9.97 Å². The zero-order valence-corrected chi connectivity index (χ0v) is 9.66. The van der Waals surface area contributed by atoms with Crippen LogP contribution >= 0.6 is 11.6 Å². The van der Waals surface area contributed by atoms with E-state index in [9.17, 15) is 14.4 Å². The van der Waals surface area contributed by atoms with Crippen molar-refractivity contribution in [3.05, 3.63) is 23.2 Å². The van der Waals surface area contributed by atoms with Gasteiger partial charge in [0.15, 0.2) is 0 Å². The smallest absolute Gasteiger partial charge is 0.323 e. The molecule has 0 aliphatic heterocycles. The van der Waals surface area contributed by atoms with E-state index < -0.39 is 30.9 Å². The standard InChI is InChI=1S/C9H8ClN3O5/c10-6-2-11-5(1-12-6)9(18)13(3-7(14)15)4-8(16)17/h1-2H,3-4H2,(H,14,15)(H,16,17). The van der Waals surface area contributed by atoms with E-state index in [1.807, 2.05) is 0 Å². The molecule has 1 heterocycles. The second-order valence-corrected chi connectivity index (χ2v) is 3.56. The van der Waals surface area contributed by atoms with E-state index >= 15 is 0 Å². The molecule has 2 N–H and O–H groups in total. The van der Waals surface area contributed by atoms with Gasteiger partial charge in [-0.05, 0) is 0 Å². The Morgan fingerprint density at radius 3 is 2.06 bits per heavy atom. The topological polar surface area (TPSA) is 121 Å². The molecule has 96 valence electrons. The highest BCUT2D eigenvalue weighted by Crippen LogP contribution is 2.04. The van der Waals surface area contributed by atoms with Gasteiger partial charge < -0.3 is 15.1 Å². The van der Waals surface area contributed by atoms with Crippen LogP contribution in [0.2, 0.25) is 5.15 Å². The summed E-state index contributed by atoms with van der Waals surface area (Å²) in [5.74, 6) is -3.50. The van der Waals surface area contributed by atoms with Gasteiger partial charge in [0, 0.05) is 0 Å². The van der Waals surface area contributed by atoms with Crippen molar-refractivity contribution < 1.29 is 24.6 Å². The number of hydrogen-bond acceptors (Lipinski definition) is 5. The zero-order valence-electron chi connectivity index (χ0n) is 8.91. The van der Waals surface area contributed by atoms with E-state index in [0.717, 1.165) is 12.4 Å². The van der Waals surface area contributed by atoms with Gasteiger partial charge in [-0.15, -0.1) is 0 Å². The fraction of sp³-hybridized carbons (Fsp3) is 0.222. The molecule has 0 atom stereocenters. The lowest BCUT2D eigenvalue weighted by molar-refractivity contribution is -0.140. The summed E-state index contributed by atoms with van der Waals surface area (Å²) in [6.45, 7) is -1.48. The van der Waals surface area contributed by atoms with E-state index in [0.29, 0.717) is 4.90 Å². The molecule has 0 saturated carbocycles. The maximum atomic E-state index is 11.8. The highest BCUT2D eigenvalue weighted by molar-refractivity contribution is 6.29. The second-order valence-electron chi connectivity index (χ2n) is 3.17. The van der Waals surface area contributed by atoms with Gasteiger partial charge in [0.2, 0.25) is 0 Å². The normalized spacial score (nSPS) is 9.83. The Hall–Kier alpha value is -2.22. The first-order chi connectivity index (χ1) is 8.40. The molecule has 18 heavy (non-hydrogen) atoms. The maximum absolute atomic E-state index is 11.8.